The Morgan fingerprint density at radius 3 is 2.89 bits per heavy atom. The van der Waals surface area contributed by atoms with Crippen molar-refractivity contribution in [1.29, 1.82) is 0 Å². The number of thiophene rings is 1. The van der Waals surface area contributed by atoms with Gasteiger partial charge in [0, 0.05) is 30.5 Å². The normalized spacial score (nSPS) is 16.1. The molecule has 1 aliphatic rings. The van der Waals surface area contributed by atoms with E-state index in [0.717, 1.165) is 69.7 Å². The SMILES string of the molecule is C=c1[nH]c2c(C(=O)N[C@@H]3CCCNC3)sc3nccc(c32)n1-c1cc(-c2ccccc2)ncc1C. The molecule has 1 atom stereocenters. The van der Waals surface area contributed by atoms with E-state index in [1.807, 2.05) is 37.4 Å². The number of carbonyl (C=O) groups excluding carboxylic acids is 1. The maximum Gasteiger partial charge on any atom is 0.263 e. The predicted molar refractivity (Wildman–Crippen MR) is 142 cm³/mol. The minimum atomic E-state index is -0.0668. The van der Waals surface area contributed by atoms with Gasteiger partial charge >= 0.3 is 0 Å². The van der Waals surface area contributed by atoms with Crippen molar-refractivity contribution in [3.05, 3.63) is 70.8 Å². The van der Waals surface area contributed by atoms with Crippen LogP contribution in [-0.4, -0.2) is 44.6 Å². The van der Waals surface area contributed by atoms with Gasteiger partial charge in [0.2, 0.25) is 0 Å². The number of pyridine rings is 2. The summed E-state index contributed by atoms with van der Waals surface area (Å²) in [6.07, 6.45) is 5.74. The van der Waals surface area contributed by atoms with E-state index >= 15 is 0 Å². The van der Waals surface area contributed by atoms with E-state index in [4.69, 9.17) is 0 Å². The first-order chi connectivity index (χ1) is 17.1. The summed E-state index contributed by atoms with van der Waals surface area (Å²) in [5.41, 5.74) is 6.38. The van der Waals surface area contributed by atoms with Gasteiger partial charge in [-0.25, -0.2) is 4.98 Å². The second-order valence-corrected chi connectivity index (χ2v) is 9.96. The molecule has 7 nitrogen and oxygen atoms in total. The molecule has 176 valence electrons. The van der Waals surface area contributed by atoms with Gasteiger partial charge in [-0.05, 0) is 44.0 Å². The predicted octanol–water partition coefficient (Wildman–Crippen LogP) is 4.11. The molecule has 0 aliphatic carbocycles. The number of aryl methyl sites for hydroxylation is 1. The van der Waals surface area contributed by atoms with Gasteiger partial charge in [-0.15, -0.1) is 11.3 Å². The molecule has 1 saturated heterocycles. The fourth-order valence-corrected chi connectivity index (χ4v) is 5.86. The molecule has 8 heteroatoms. The van der Waals surface area contributed by atoms with Gasteiger partial charge in [-0.1, -0.05) is 36.9 Å². The third-order valence-corrected chi connectivity index (χ3v) is 7.67. The van der Waals surface area contributed by atoms with Crippen LogP contribution >= 0.6 is 11.3 Å². The van der Waals surface area contributed by atoms with Crippen molar-refractivity contribution in [3.63, 3.8) is 0 Å². The summed E-state index contributed by atoms with van der Waals surface area (Å²) in [6.45, 7) is 8.18. The van der Waals surface area contributed by atoms with Crippen LogP contribution in [-0.2, 0) is 0 Å². The smallest absolute Gasteiger partial charge is 0.263 e. The average molecular weight is 483 g/mol. The maximum absolute atomic E-state index is 13.3. The van der Waals surface area contributed by atoms with Crippen LogP contribution in [0.1, 0.15) is 28.1 Å². The number of hydrogen-bond donors (Lipinski definition) is 3. The minimum absolute atomic E-state index is 0.0668. The molecule has 4 aromatic heterocycles. The van der Waals surface area contributed by atoms with Crippen LogP contribution in [0.2, 0.25) is 0 Å². The Bertz CT molecular complexity index is 1610. The molecule has 0 bridgehead atoms. The van der Waals surface area contributed by atoms with Crippen molar-refractivity contribution in [2.45, 2.75) is 25.8 Å². The number of benzene rings is 1. The molecule has 5 aromatic rings. The molecule has 6 rings (SSSR count). The molecule has 0 radical (unpaired) electrons. The lowest BCUT2D eigenvalue weighted by Crippen LogP contribution is -2.45. The van der Waals surface area contributed by atoms with Crippen molar-refractivity contribution in [2.75, 3.05) is 13.1 Å². The third-order valence-electron chi connectivity index (χ3n) is 6.57. The highest BCUT2D eigenvalue weighted by atomic mass is 32.1. The molecule has 0 saturated carbocycles. The van der Waals surface area contributed by atoms with Crippen molar-refractivity contribution in [2.24, 2.45) is 0 Å². The molecule has 1 aliphatic heterocycles. The van der Waals surface area contributed by atoms with Crippen molar-refractivity contribution < 1.29 is 4.79 Å². The van der Waals surface area contributed by atoms with Crippen LogP contribution in [0.5, 0.6) is 0 Å². The Morgan fingerprint density at radius 2 is 2.09 bits per heavy atom. The van der Waals surface area contributed by atoms with Crippen molar-refractivity contribution in [1.82, 2.24) is 30.2 Å². The summed E-state index contributed by atoms with van der Waals surface area (Å²) in [7, 11) is 0. The van der Waals surface area contributed by atoms with Gasteiger partial charge in [-0.3, -0.25) is 14.3 Å². The van der Waals surface area contributed by atoms with E-state index < -0.39 is 0 Å². The zero-order valence-electron chi connectivity index (χ0n) is 19.5. The van der Waals surface area contributed by atoms with Crippen LogP contribution in [0.25, 0.3) is 44.8 Å². The molecule has 0 unspecified atom stereocenters. The number of aromatic amines is 1. The Kier molecular flexibility index (Phi) is 5.47. The highest BCUT2D eigenvalue weighted by Crippen LogP contribution is 2.34. The monoisotopic (exact) mass is 482 g/mol. The molecule has 1 fully saturated rings. The first kappa shape index (κ1) is 21.8. The topological polar surface area (TPSA) is 87.6 Å². The van der Waals surface area contributed by atoms with E-state index in [9.17, 15) is 4.79 Å². The van der Waals surface area contributed by atoms with E-state index in [0.29, 0.717) is 10.4 Å². The van der Waals surface area contributed by atoms with Gasteiger partial charge in [0.25, 0.3) is 5.91 Å². The Morgan fingerprint density at radius 1 is 1.23 bits per heavy atom. The quantitative estimate of drug-likeness (QED) is 0.360. The van der Waals surface area contributed by atoms with Crippen LogP contribution in [0.15, 0.2) is 54.9 Å². The Balaban J connectivity index is 1.50. The molecule has 1 amide bonds. The van der Waals surface area contributed by atoms with Crippen LogP contribution in [0.4, 0.5) is 0 Å². The molecule has 0 spiro atoms. The lowest BCUT2D eigenvalue weighted by atomic mass is 10.1. The van der Waals surface area contributed by atoms with E-state index in [1.165, 1.54) is 11.3 Å². The van der Waals surface area contributed by atoms with E-state index in [1.54, 1.807) is 6.20 Å². The number of nitrogens with one attached hydrogen (secondary N) is 3. The summed E-state index contributed by atoms with van der Waals surface area (Å²) in [5.74, 6) is -0.0668. The highest BCUT2D eigenvalue weighted by molar-refractivity contribution is 7.21. The average Bonchev–Trinajstić information content (AvgIpc) is 3.26. The fraction of sp³-hybridized carbons (Fsp3) is 0.222. The molecular weight excluding hydrogens is 456 g/mol. The van der Waals surface area contributed by atoms with Gasteiger partial charge in [0.05, 0.1) is 27.8 Å². The standard InChI is InChI=1S/C27H26N6OS/c1-16-14-30-20(18-7-4-3-5-8-18)13-22(16)33-17(2)31-24-23-21(33)10-12-29-27(23)35-25(24)26(34)32-19-9-6-11-28-15-19/h3-5,7-8,10,12-14,19,28,31H,2,6,9,11,15H2,1H3,(H,32,34)/t19-/m1/s1. The van der Waals surface area contributed by atoms with E-state index in [-0.39, 0.29) is 11.9 Å². The molecular formula is C27H26N6OS. The number of aromatic nitrogens is 4. The molecule has 35 heavy (non-hydrogen) atoms. The Hall–Kier alpha value is -3.75. The first-order valence-corrected chi connectivity index (χ1v) is 12.6. The van der Waals surface area contributed by atoms with Gasteiger partial charge in [0.15, 0.2) is 0 Å². The number of H-pyrrole nitrogens is 1. The third kappa shape index (κ3) is 3.84. The summed E-state index contributed by atoms with van der Waals surface area (Å²) in [6, 6.07) is 14.3. The molecule has 1 aromatic carbocycles. The fourth-order valence-electron chi connectivity index (χ4n) is 4.84. The second kappa shape index (κ2) is 8.79. The van der Waals surface area contributed by atoms with Crippen LogP contribution in [0, 0.1) is 6.92 Å². The zero-order valence-corrected chi connectivity index (χ0v) is 20.3. The largest absolute Gasteiger partial charge is 0.347 e. The lowest BCUT2D eigenvalue weighted by molar-refractivity contribution is 0.0936. The molecule has 3 N–H and O–H groups in total. The second-order valence-electron chi connectivity index (χ2n) is 8.96. The Labute approximate surface area is 206 Å². The number of nitrogens with zero attached hydrogens (tertiary/aromatic N) is 3. The van der Waals surface area contributed by atoms with Gasteiger partial charge in [0.1, 0.15) is 15.2 Å². The zero-order chi connectivity index (χ0) is 23.9. The maximum atomic E-state index is 13.3. The summed E-state index contributed by atoms with van der Waals surface area (Å²) in [4.78, 5) is 27.4. The summed E-state index contributed by atoms with van der Waals surface area (Å²) in [5, 5.41) is 7.49. The number of hydrogen-bond acceptors (Lipinski definition) is 5. The first-order valence-electron chi connectivity index (χ1n) is 11.8. The summed E-state index contributed by atoms with van der Waals surface area (Å²) < 4.78 is 2.10. The number of carbonyl (C=O) groups is 1. The van der Waals surface area contributed by atoms with Crippen molar-refractivity contribution in [3.8, 4) is 16.9 Å². The van der Waals surface area contributed by atoms with Crippen LogP contribution in [0.3, 0.4) is 0 Å². The number of amides is 1. The highest BCUT2D eigenvalue weighted by Gasteiger charge is 2.23. The number of rotatable bonds is 4. The lowest BCUT2D eigenvalue weighted by Gasteiger charge is -2.23. The minimum Gasteiger partial charge on any atom is -0.347 e. The van der Waals surface area contributed by atoms with Gasteiger partial charge < -0.3 is 15.6 Å². The molecule has 5 heterocycles. The van der Waals surface area contributed by atoms with E-state index in [2.05, 4.69) is 54.9 Å². The van der Waals surface area contributed by atoms with Crippen molar-refractivity contribution >= 4 is 45.1 Å². The van der Waals surface area contributed by atoms with Crippen LogP contribution < -0.4 is 16.1 Å². The van der Waals surface area contributed by atoms with Gasteiger partial charge in [-0.2, -0.15) is 0 Å². The summed E-state index contributed by atoms with van der Waals surface area (Å²) >= 11 is 1.42. The number of piperidine rings is 1.